The molecule has 0 amide bonds. The van der Waals surface area contributed by atoms with Gasteiger partial charge in [-0.1, -0.05) is 58.8 Å². The van der Waals surface area contributed by atoms with Crippen molar-refractivity contribution in [2.75, 3.05) is 0 Å². The van der Waals surface area contributed by atoms with Crippen LogP contribution in [0.5, 0.6) is 0 Å². The van der Waals surface area contributed by atoms with Crippen molar-refractivity contribution < 1.29 is 8.42 Å². The zero-order valence-corrected chi connectivity index (χ0v) is 13.3. The average molecular weight is 290 g/mol. The van der Waals surface area contributed by atoms with E-state index in [9.17, 15) is 8.42 Å². The second kappa shape index (κ2) is 13.2. The van der Waals surface area contributed by atoms with E-state index < -0.39 is 0 Å². The Morgan fingerprint density at radius 3 is 1.67 bits per heavy atom. The summed E-state index contributed by atoms with van der Waals surface area (Å²) in [6.07, 6.45) is 11.6. The second-order valence-corrected chi connectivity index (χ2v) is 5.91. The monoisotopic (exact) mass is 290 g/mol. The largest absolute Gasteiger partial charge is 0.212 e. The molecule has 0 rings (SSSR count). The van der Waals surface area contributed by atoms with E-state index in [0.717, 1.165) is 22.6 Å². The summed E-state index contributed by atoms with van der Waals surface area (Å²) in [5.41, 5.74) is 0. The number of rotatable bonds is 11. The molecule has 0 aromatic rings. The maximum atomic E-state index is 10.9. The lowest BCUT2D eigenvalue weighted by molar-refractivity contribution is 0.580. The minimum absolute atomic E-state index is 0.489. The molecule has 0 atom stereocenters. The van der Waals surface area contributed by atoms with Crippen LogP contribution >= 0.6 is 0 Å². The predicted octanol–water partition coefficient (Wildman–Crippen LogP) is 3.70. The SMILES string of the molecule is CCCCCCCCCCC(=S=O)C(CC)=S=O. The van der Waals surface area contributed by atoms with E-state index in [1.54, 1.807) is 0 Å². The lowest BCUT2D eigenvalue weighted by Gasteiger charge is -2.03. The first kappa shape index (κ1) is 17.8. The third kappa shape index (κ3) is 8.81. The highest BCUT2D eigenvalue weighted by Gasteiger charge is 2.05. The highest BCUT2D eigenvalue weighted by atomic mass is 32.1. The Morgan fingerprint density at radius 1 is 0.722 bits per heavy atom. The smallest absolute Gasteiger partial charge is 0.0933 e. The Bertz CT molecular complexity index is 314. The molecule has 0 aliphatic rings. The number of unbranched alkanes of at least 4 members (excludes halogenated alkanes) is 7. The van der Waals surface area contributed by atoms with Crippen LogP contribution in [0.4, 0.5) is 0 Å². The zero-order chi connectivity index (χ0) is 13.6. The highest BCUT2D eigenvalue weighted by Crippen LogP contribution is 2.10. The third-order valence-corrected chi connectivity index (χ3v) is 4.61. The van der Waals surface area contributed by atoms with E-state index in [2.05, 4.69) is 6.92 Å². The van der Waals surface area contributed by atoms with Crippen LogP contribution in [-0.2, 0) is 22.5 Å². The molecule has 0 saturated carbocycles. The van der Waals surface area contributed by atoms with E-state index in [1.807, 2.05) is 6.92 Å². The van der Waals surface area contributed by atoms with Crippen molar-refractivity contribution >= 4 is 32.2 Å². The fourth-order valence-corrected chi connectivity index (χ4v) is 2.93. The Labute approximate surface area is 119 Å². The van der Waals surface area contributed by atoms with Crippen molar-refractivity contribution in [3.05, 3.63) is 0 Å². The van der Waals surface area contributed by atoms with Gasteiger partial charge in [-0.2, -0.15) is 0 Å². The topological polar surface area (TPSA) is 34.1 Å². The van der Waals surface area contributed by atoms with E-state index >= 15 is 0 Å². The molecule has 0 aromatic carbocycles. The fourth-order valence-electron chi connectivity index (χ4n) is 1.95. The van der Waals surface area contributed by atoms with Gasteiger partial charge >= 0.3 is 0 Å². The van der Waals surface area contributed by atoms with Crippen LogP contribution in [0.15, 0.2) is 0 Å². The van der Waals surface area contributed by atoms with Crippen LogP contribution in [0.25, 0.3) is 0 Å². The van der Waals surface area contributed by atoms with E-state index in [-0.39, 0.29) is 0 Å². The lowest BCUT2D eigenvalue weighted by Crippen LogP contribution is -2.12. The standard InChI is InChI=1S/C14H26O2S2/c1-3-5-6-7-8-9-10-11-12-14(18-16)13(4-2)17-15/h3-12H2,1-2H3. The molecular weight excluding hydrogens is 264 g/mol. The molecule has 106 valence electrons. The van der Waals surface area contributed by atoms with Gasteiger partial charge in [0.2, 0.25) is 0 Å². The average Bonchev–Trinajstić information content (AvgIpc) is 2.40. The fraction of sp³-hybridized carbons (Fsp3) is 0.857. The molecule has 18 heavy (non-hydrogen) atoms. The van der Waals surface area contributed by atoms with Gasteiger partial charge in [0.25, 0.3) is 0 Å². The maximum absolute atomic E-state index is 10.9. The first-order valence-electron chi connectivity index (χ1n) is 7.11. The third-order valence-electron chi connectivity index (χ3n) is 3.09. The van der Waals surface area contributed by atoms with E-state index in [1.165, 1.54) is 44.9 Å². The van der Waals surface area contributed by atoms with Crippen LogP contribution in [0.1, 0.15) is 78.1 Å². The highest BCUT2D eigenvalue weighted by molar-refractivity contribution is 7.76. The molecule has 0 aliphatic carbocycles. The van der Waals surface area contributed by atoms with Gasteiger partial charge in [0.05, 0.1) is 32.2 Å². The summed E-state index contributed by atoms with van der Waals surface area (Å²) >= 11 is 1.000. The van der Waals surface area contributed by atoms with Gasteiger partial charge in [-0.25, -0.2) is 8.42 Å². The van der Waals surface area contributed by atoms with Crippen molar-refractivity contribution in [2.45, 2.75) is 78.1 Å². The Morgan fingerprint density at radius 2 is 1.22 bits per heavy atom. The minimum atomic E-state index is 0.489. The molecule has 0 fully saturated rings. The van der Waals surface area contributed by atoms with Gasteiger partial charge in [-0.15, -0.1) is 0 Å². The summed E-state index contributed by atoms with van der Waals surface area (Å²) < 4.78 is 21.7. The van der Waals surface area contributed by atoms with Crippen LogP contribution in [0.2, 0.25) is 0 Å². The van der Waals surface area contributed by atoms with E-state index in [0.29, 0.717) is 28.9 Å². The molecule has 0 aliphatic heterocycles. The molecule has 0 N–H and O–H groups in total. The van der Waals surface area contributed by atoms with Crippen molar-refractivity contribution in [3.8, 4) is 0 Å². The molecule has 0 spiro atoms. The van der Waals surface area contributed by atoms with Crippen molar-refractivity contribution in [2.24, 2.45) is 0 Å². The second-order valence-electron chi connectivity index (χ2n) is 4.59. The molecule has 0 aromatic heterocycles. The van der Waals surface area contributed by atoms with Gasteiger partial charge < -0.3 is 0 Å². The first-order valence-corrected chi connectivity index (χ1v) is 8.60. The van der Waals surface area contributed by atoms with Crippen molar-refractivity contribution in [3.63, 3.8) is 0 Å². The first-order chi connectivity index (χ1) is 8.79. The lowest BCUT2D eigenvalue weighted by atomic mass is 10.1. The summed E-state index contributed by atoms with van der Waals surface area (Å²) in [6.45, 7) is 4.16. The van der Waals surface area contributed by atoms with Gasteiger partial charge in [0.15, 0.2) is 0 Å². The Hall–Kier alpha value is -0.220. The summed E-state index contributed by atoms with van der Waals surface area (Å²) in [6, 6.07) is 0. The normalized spacial score (nSPS) is 10.1. The summed E-state index contributed by atoms with van der Waals surface area (Å²) in [5, 5.41) is 0. The number of hydrogen-bond donors (Lipinski definition) is 0. The number of hydrogen-bond acceptors (Lipinski definition) is 2. The molecular formula is C14H26O2S2. The molecule has 0 unspecified atom stereocenters. The van der Waals surface area contributed by atoms with Gasteiger partial charge in [-0.05, 0) is 19.3 Å². The Balaban J connectivity index is 3.65. The zero-order valence-electron chi connectivity index (χ0n) is 11.7. The Kier molecular flexibility index (Phi) is 13.1. The van der Waals surface area contributed by atoms with Crippen LogP contribution in [0.3, 0.4) is 0 Å². The van der Waals surface area contributed by atoms with Gasteiger partial charge in [0, 0.05) is 0 Å². The van der Waals surface area contributed by atoms with Crippen LogP contribution in [0, 0.1) is 0 Å². The molecule has 4 heteroatoms. The quantitative estimate of drug-likeness (QED) is 0.429. The molecule has 0 saturated heterocycles. The van der Waals surface area contributed by atoms with Crippen LogP contribution in [-0.4, -0.2) is 18.1 Å². The van der Waals surface area contributed by atoms with Crippen LogP contribution < -0.4 is 0 Å². The summed E-state index contributed by atoms with van der Waals surface area (Å²) in [7, 11) is 0. The summed E-state index contributed by atoms with van der Waals surface area (Å²) in [5.74, 6) is 0. The molecule has 0 radical (unpaired) electrons. The maximum Gasteiger partial charge on any atom is 0.0933 e. The molecule has 0 bridgehead atoms. The van der Waals surface area contributed by atoms with E-state index in [4.69, 9.17) is 0 Å². The molecule has 2 nitrogen and oxygen atoms in total. The predicted molar refractivity (Wildman–Crippen MR) is 83.8 cm³/mol. The van der Waals surface area contributed by atoms with Gasteiger partial charge in [-0.3, -0.25) is 0 Å². The minimum Gasteiger partial charge on any atom is -0.212 e. The molecule has 0 heterocycles. The van der Waals surface area contributed by atoms with Crippen molar-refractivity contribution in [1.29, 1.82) is 0 Å². The summed E-state index contributed by atoms with van der Waals surface area (Å²) in [4.78, 5) is 1.50. The van der Waals surface area contributed by atoms with Gasteiger partial charge in [0.1, 0.15) is 0 Å². The van der Waals surface area contributed by atoms with Crippen molar-refractivity contribution in [1.82, 2.24) is 0 Å².